The quantitative estimate of drug-likeness (QED) is 0.638. The minimum absolute atomic E-state index is 0.0415. The fourth-order valence-electron chi connectivity index (χ4n) is 4.52. The molecule has 6 heteroatoms. The number of carbonyl (C=O) groups excluding carboxylic acids is 1. The van der Waals surface area contributed by atoms with Crippen LogP contribution >= 0.6 is 0 Å². The first-order valence-electron chi connectivity index (χ1n) is 10.7. The zero-order chi connectivity index (χ0) is 21.9. The van der Waals surface area contributed by atoms with Crippen molar-refractivity contribution in [3.05, 3.63) is 83.9 Å². The Kier molecular flexibility index (Phi) is 6.12. The smallest absolute Gasteiger partial charge is 0.231 e. The number of rotatable bonds is 6. The van der Waals surface area contributed by atoms with Crippen molar-refractivity contribution in [1.82, 2.24) is 9.62 Å². The first kappa shape index (κ1) is 21.5. The highest BCUT2D eigenvalue weighted by Crippen LogP contribution is 2.37. The molecule has 0 bridgehead atoms. The summed E-state index contributed by atoms with van der Waals surface area (Å²) in [5.74, 6) is 0.0405. The SMILES string of the molecule is CCS(=O)(=O)N1CCC(C(=O)NCc2cccc3ccccc23)(c2ccccc2)CC1. The number of carbonyl (C=O) groups is 1. The molecule has 0 aliphatic carbocycles. The van der Waals surface area contributed by atoms with E-state index in [0.29, 0.717) is 32.5 Å². The predicted octanol–water partition coefficient (Wildman–Crippen LogP) is 3.84. The van der Waals surface area contributed by atoms with Crippen molar-refractivity contribution in [1.29, 1.82) is 0 Å². The molecule has 1 heterocycles. The van der Waals surface area contributed by atoms with Crippen LogP contribution in [0, 0.1) is 0 Å². The van der Waals surface area contributed by atoms with Crippen LogP contribution in [-0.2, 0) is 26.8 Å². The van der Waals surface area contributed by atoms with Gasteiger partial charge in [0.15, 0.2) is 0 Å². The maximum absolute atomic E-state index is 13.6. The third-order valence-corrected chi connectivity index (χ3v) is 8.30. The van der Waals surface area contributed by atoms with Crippen LogP contribution < -0.4 is 5.32 Å². The zero-order valence-corrected chi connectivity index (χ0v) is 18.6. The number of amides is 1. The fourth-order valence-corrected chi connectivity index (χ4v) is 5.63. The second kappa shape index (κ2) is 8.81. The molecule has 4 rings (SSSR count). The van der Waals surface area contributed by atoms with Gasteiger partial charge in [-0.2, -0.15) is 0 Å². The van der Waals surface area contributed by atoms with Gasteiger partial charge >= 0.3 is 0 Å². The number of hydrogen-bond donors (Lipinski definition) is 1. The Bertz CT molecular complexity index is 1160. The van der Waals surface area contributed by atoms with E-state index in [1.807, 2.05) is 54.6 Å². The summed E-state index contributed by atoms with van der Waals surface area (Å²) in [5.41, 5.74) is 1.28. The van der Waals surface area contributed by atoms with Crippen molar-refractivity contribution in [3.63, 3.8) is 0 Å². The molecule has 0 saturated carbocycles. The van der Waals surface area contributed by atoms with Crippen LogP contribution in [0.1, 0.15) is 30.9 Å². The third-order valence-electron chi connectivity index (χ3n) is 6.41. The Balaban J connectivity index is 1.58. The molecular weight excluding hydrogens is 408 g/mol. The second-order valence-corrected chi connectivity index (χ2v) is 10.3. The van der Waals surface area contributed by atoms with Crippen molar-refractivity contribution in [2.75, 3.05) is 18.8 Å². The molecule has 31 heavy (non-hydrogen) atoms. The Hall–Kier alpha value is -2.70. The van der Waals surface area contributed by atoms with E-state index in [2.05, 4.69) is 23.5 Å². The predicted molar refractivity (Wildman–Crippen MR) is 124 cm³/mol. The molecule has 5 nitrogen and oxygen atoms in total. The Morgan fingerprint density at radius 2 is 1.58 bits per heavy atom. The van der Waals surface area contributed by atoms with Gasteiger partial charge in [-0.3, -0.25) is 4.79 Å². The maximum Gasteiger partial charge on any atom is 0.231 e. The molecule has 3 aromatic carbocycles. The molecule has 1 aliphatic rings. The monoisotopic (exact) mass is 436 g/mol. The number of nitrogens with one attached hydrogen (secondary N) is 1. The topological polar surface area (TPSA) is 66.5 Å². The van der Waals surface area contributed by atoms with Crippen LogP contribution in [0.5, 0.6) is 0 Å². The van der Waals surface area contributed by atoms with E-state index in [-0.39, 0.29) is 11.7 Å². The molecule has 0 spiro atoms. The van der Waals surface area contributed by atoms with Crippen LogP contribution in [0.15, 0.2) is 72.8 Å². The number of nitrogens with zero attached hydrogens (tertiary/aromatic N) is 1. The van der Waals surface area contributed by atoms with E-state index >= 15 is 0 Å². The normalized spacial score (nSPS) is 16.8. The van der Waals surface area contributed by atoms with E-state index in [9.17, 15) is 13.2 Å². The highest BCUT2D eigenvalue weighted by atomic mass is 32.2. The molecule has 1 fully saturated rings. The van der Waals surface area contributed by atoms with E-state index in [1.165, 1.54) is 4.31 Å². The molecule has 0 unspecified atom stereocenters. The molecule has 0 radical (unpaired) electrons. The molecule has 3 aromatic rings. The van der Waals surface area contributed by atoms with E-state index in [0.717, 1.165) is 21.9 Å². The maximum atomic E-state index is 13.6. The van der Waals surface area contributed by atoms with Crippen molar-refractivity contribution in [3.8, 4) is 0 Å². The van der Waals surface area contributed by atoms with Gasteiger partial charge in [-0.25, -0.2) is 12.7 Å². The van der Waals surface area contributed by atoms with E-state index in [1.54, 1.807) is 6.92 Å². The highest BCUT2D eigenvalue weighted by molar-refractivity contribution is 7.89. The summed E-state index contributed by atoms with van der Waals surface area (Å²) < 4.78 is 26.2. The zero-order valence-electron chi connectivity index (χ0n) is 17.8. The van der Waals surface area contributed by atoms with Crippen molar-refractivity contribution in [2.24, 2.45) is 0 Å². The summed E-state index contributed by atoms with van der Waals surface area (Å²) in [5, 5.41) is 5.43. The van der Waals surface area contributed by atoms with Crippen LogP contribution in [0.3, 0.4) is 0 Å². The third kappa shape index (κ3) is 4.23. The molecule has 1 saturated heterocycles. The first-order valence-corrected chi connectivity index (χ1v) is 12.4. The van der Waals surface area contributed by atoms with Crippen LogP contribution in [0.4, 0.5) is 0 Å². The number of sulfonamides is 1. The lowest BCUT2D eigenvalue weighted by atomic mass is 9.72. The number of piperidine rings is 1. The Labute approximate surface area is 184 Å². The summed E-state index contributed by atoms with van der Waals surface area (Å²) in [6.07, 6.45) is 0.940. The minimum Gasteiger partial charge on any atom is -0.351 e. The molecule has 0 atom stereocenters. The number of benzene rings is 3. The Morgan fingerprint density at radius 3 is 2.29 bits per heavy atom. The highest BCUT2D eigenvalue weighted by Gasteiger charge is 2.44. The summed E-state index contributed by atoms with van der Waals surface area (Å²) >= 11 is 0. The minimum atomic E-state index is -3.26. The molecule has 162 valence electrons. The lowest BCUT2D eigenvalue weighted by molar-refractivity contribution is -0.128. The van der Waals surface area contributed by atoms with Gasteiger partial charge < -0.3 is 5.32 Å². The van der Waals surface area contributed by atoms with Crippen molar-refractivity contribution >= 4 is 26.7 Å². The lowest BCUT2D eigenvalue weighted by Crippen LogP contribution is -2.52. The lowest BCUT2D eigenvalue weighted by Gasteiger charge is -2.40. The van der Waals surface area contributed by atoms with Crippen molar-refractivity contribution < 1.29 is 13.2 Å². The van der Waals surface area contributed by atoms with Gasteiger partial charge in [-0.05, 0) is 41.7 Å². The molecule has 0 aromatic heterocycles. The standard InChI is InChI=1S/C25H28N2O3S/c1-2-31(29,30)27-17-15-25(16-18-27,22-12-4-3-5-13-22)24(28)26-19-21-11-8-10-20-9-6-7-14-23(20)21/h3-14H,2,15-19H2,1H3,(H,26,28). The second-order valence-electron chi connectivity index (χ2n) is 8.07. The molecule has 1 amide bonds. The van der Waals surface area contributed by atoms with Gasteiger partial charge in [-0.15, -0.1) is 0 Å². The summed E-state index contributed by atoms with van der Waals surface area (Å²) in [7, 11) is -3.26. The first-order chi connectivity index (χ1) is 15.0. The van der Waals surface area contributed by atoms with E-state index in [4.69, 9.17) is 0 Å². The van der Waals surface area contributed by atoms with Crippen LogP contribution in [-0.4, -0.2) is 37.5 Å². The molecule has 1 aliphatic heterocycles. The summed E-state index contributed by atoms with van der Waals surface area (Å²) in [6.45, 7) is 2.80. The van der Waals surface area contributed by atoms with Gasteiger partial charge in [-0.1, -0.05) is 72.8 Å². The average Bonchev–Trinajstić information content (AvgIpc) is 2.83. The molecular formula is C25H28N2O3S. The number of hydrogen-bond acceptors (Lipinski definition) is 3. The van der Waals surface area contributed by atoms with E-state index < -0.39 is 15.4 Å². The van der Waals surface area contributed by atoms with Gasteiger partial charge in [0, 0.05) is 19.6 Å². The van der Waals surface area contributed by atoms with Crippen LogP contribution in [0.25, 0.3) is 10.8 Å². The summed E-state index contributed by atoms with van der Waals surface area (Å²) in [6, 6.07) is 24.0. The Morgan fingerprint density at radius 1 is 0.935 bits per heavy atom. The van der Waals surface area contributed by atoms with Gasteiger partial charge in [0.05, 0.1) is 11.2 Å². The van der Waals surface area contributed by atoms with Gasteiger partial charge in [0.25, 0.3) is 0 Å². The summed E-state index contributed by atoms with van der Waals surface area (Å²) in [4.78, 5) is 13.6. The van der Waals surface area contributed by atoms with Crippen LogP contribution in [0.2, 0.25) is 0 Å². The average molecular weight is 437 g/mol. The van der Waals surface area contributed by atoms with Gasteiger partial charge in [0.1, 0.15) is 0 Å². The van der Waals surface area contributed by atoms with Gasteiger partial charge in [0.2, 0.25) is 15.9 Å². The molecule has 1 N–H and O–H groups in total. The van der Waals surface area contributed by atoms with Crippen molar-refractivity contribution in [2.45, 2.75) is 31.7 Å². The largest absolute Gasteiger partial charge is 0.351 e. The number of fused-ring (bicyclic) bond motifs is 1. The fraction of sp³-hybridized carbons (Fsp3) is 0.320.